The number of hydrogen-bond donors (Lipinski definition) is 1. The summed E-state index contributed by atoms with van der Waals surface area (Å²) in [5.74, 6) is 2.24. The molecule has 2 aromatic rings. The first-order valence-electron chi connectivity index (χ1n) is 11.7. The molecule has 1 aromatic heterocycles. The number of fused-ring (bicyclic) bond motifs is 1. The molecule has 1 N–H and O–H groups in total. The summed E-state index contributed by atoms with van der Waals surface area (Å²) >= 11 is 0. The summed E-state index contributed by atoms with van der Waals surface area (Å²) in [5.41, 5.74) is 2.35. The van der Waals surface area contributed by atoms with E-state index in [9.17, 15) is 4.79 Å². The van der Waals surface area contributed by atoms with Crippen LogP contribution >= 0.6 is 0 Å². The highest BCUT2D eigenvalue weighted by molar-refractivity contribution is 5.80. The fourth-order valence-electron chi connectivity index (χ4n) is 4.92. The van der Waals surface area contributed by atoms with Gasteiger partial charge in [-0.15, -0.1) is 0 Å². The Morgan fingerprint density at radius 3 is 2.59 bits per heavy atom. The van der Waals surface area contributed by atoms with Gasteiger partial charge in [0, 0.05) is 31.6 Å². The molecule has 0 radical (unpaired) electrons. The van der Waals surface area contributed by atoms with Crippen LogP contribution in [-0.4, -0.2) is 34.6 Å². The smallest absolute Gasteiger partial charge is 0.223 e. The van der Waals surface area contributed by atoms with E-state index in [1.165, 1.54) is 37.6 Å². The molecule has 29 heavy (non-hydrogen) atoms. The summed E-state index contributed by atoms with van der Waals surface area (Å²) in [5, 5.41) is 3.16. The van der Waals surface area contributed by atoms with Crippen LogP contribution in [-0.2, 0) is 11.3 Å². The number of benzene rings is 1. The van der Waals surface area contributed by atoms with E-state index in [-0.39, 0.29) is 17.9 Å². The molecule has 4 rings (SSSR count). The van der Waals surface area contributed by atoms with Crippen molar-refractivity contribution in [2.24, 2.45) is 11.8 Å². The number of carbonyl (C=O) groups excluding carboxylic acids is 1. The van der Waals surface area contributed by atoms with E-state index in [4.69, 9.17) is 4.98 Å². The van der Waals surface area contributed by atoms with Gasteiger partial charge >= 0.3 is 0 Å². The van der Waals surface area contributed by atoms with Crippen molar-refractivity contribution in [3.05, 3.63) is 24.3 Å². The minimum atomic E-state index is 0.136. The zero-order valence-electron chi connectivity index (χ0n) is 18.1. The topological polar surface area (TPSA) is 50.2 Å². The van der Waals surface area contributed by atoms with Gasteiger partial charge in [0.15, 0.2) is 0 Å². The molecule has 1 saturated heterocycles. The number of amides is 1. The van der Waals surface area contributed by atoms with Gasteiger partial charge in [-0.2, -0.15) is 0 Å². The summed E-state index contributed by atoms with van der Waals surface area (Å²) < 4.78 is 2.46. The van der Waals surface area contributed by atoms with E-state index in [0.717, 1.165) is 56.3 Å². The lowest BCUT2D eigenvalue weighted by molar-refractivity contribution is -0.126. The average molecular weight is 397 g/mol. The molecule has 158 valence electrons. The first kappa shape index (κ1) is 20.2. The number of imidazole rings is 1. The van der Waals surface area contributed by atoms with Crippen LogP contribution in [0.2, 0.25) is 0 Å². The van der Waals surface area contributed by atoms with Crippen LogP contribution in [0.25, 0.3) is 11.0 Å². The van der Waals surface area contributed by atoms with Crippen LogP contribution in [0.15, 0.2) is 24.3 Å². The Hall–Kier alpha value is -2.04. The molecule has 0 bridgehead atoms. The maximum atomic E-state index is 12.5. The SMILES string of the molecule is CC[C@@H](C)NC(=O)C1CCN(c2nc3ccccc3n2CC2CCCCC2)CC1. The minimum Gasteiger partial charge on any atom is -0.353 e. The number of nitrogens with one attached hydrogen (secondary N) is 1. The monoisotopic (exact) mass is 396 g/mol. The van der Waals surface area contributed by atoms with Gasteiger partial charge in [0.2, 0.25) is 11.9 Å². The second kappa shape index (κ2) is 9.19. The highest BCUT2D eigenvalue weighted by Gasteiger charge is 2.28. The summed E-state index contributed by atoms with van der Waals surface area (Å²) in [6.45, 7) is 7.09. The first-order valence-corrected chi connectivity index (χ1v) is 11.7. The van der Waals surface area contributed by atoms with E-state index < -0.39 is 0 Å². The van der Waals surface area contributed by atoms with Crippen molar-refractivity contribution in [1.82, 2.24) is 14.9 Å². The zero-order chi connectivity index (χ0) is 20.2. The van der Waals surface area contributed by atoms with Crippen molar-refractivity contribution >= 4 is 22.9 Å². The minimum absolute atomic E-state index is 0.136. The summed E-state index contributed by atoms with van der Waals surface area (Å²) in [7, 11) is 0. The maximum Gasteiger partial charge on any atom is 0.223 e. The fourth-order valence-corrected chi connectivity index (χ4v) is 4.92. The maximum absolute atomic E-state index is 12.5. The van der Waals surface area contributed by atoms with E-state index in [2.05, 4.69) is 52.9 Å². The number of carbonyl (C=O) groups is 1. The van der Waals surface area contributed by atoms with Crippen LogP contribution in [0, 0.1) is 11.8 Å². The van der Waals surface area contributed by atoms with E-state index in [1.54, 1.807) is 0 Å². The van der Waals surface area contributed by atoms with Crippen molar-refractivity contribution in [3.63, 3.8) is 0 Å². The summed E-state index contributed by atoms with van der Waals surface area (Å²) in [6.07, 6.45) is 9.60. The lowest BCUT2D eigenvalue weighted by Gasteiger charge is -2.33. The molecule has 2 fully saturated rings. The molecule has 1 aromatic carbocycles. The molecule has 0 unspecified atom stereocenters. The quantitative estimate of drug-likeness (QED) is 0.767. The molecule has 5 heteroatoms. The number of hydrogen-bond acceptors (Lipinski definition) is 3. The van der Waals surface area contributed by atoms with Crippen LogP contribution in [0.5, 0.6) is 0 Å². The fraction of sp³-hybridized carbons (Fsp3) is 0.667. The van der Waals surface area contributed by atoms with Crippen LogP contribution in [0.1, 0.15) is 65.2 Å². The number of para-hydroxylation sites is 2. The van der Waals surface area contributed by atoms with Crippen LogP contribution in [0.4, 0.5) is 5.95 Å². The average Bonchev–Trinajstić information content (AvgIpc) is 3.13. The summed E-state index contributed by atoms with van der Waals surface area (Å²) in [6, 6.07) is 8.80. The van der Waals surface area contributed by atoms with Crippen LogP contribution in [0.3, 0.4) is 0 Å². The molecular weight excluding hydrogens is 360 g/mol. The molecule has 5 nitrogen and oxygen atoms in total. The highest BCUT2D eigenvalue weighted by Crippen LogP contribution is 2.31. The lowest BCUT2D eigenvalue weighted by atomic mass is 9.89. The molecular formula is C24H36N4O. The largest absolute Gasteiger partial charge is 0.353 e. The van der Waals surface area contributed by atoms with Gasteiger partial charge in [-0.05, 0) is 57.1 Å². The first-order chi connectivity index (χ1) is 14.2. The van der Waals surface area contributed by atoms with Gasteiger partial charge in [0.05, 0.1) is 11.0 Å². The third-order valence-electron chi connectivity index (χ3n) is 6.95. The predicted molar refractivity (Wildman–Crippen MR) is 119 cm³/mol. The summed E-state index contributed by atoms with van der Waals surface area (Å²) in [4.78, 5) is 20.0. The number of piperidine rings is 1. The van der Waals surface area contributed by atoms with Gasteiger partial charge in [0.25, 0.3) is 0 Å². The number of nitrogens with zero attached hydrogens (tertiary/aromatic N) is 3. The molecule has 1 saturated carbocycles. The zero-order valence-corrected chi connectivity index (χ0v) is 18.1. The van der Waals surface area contributed by atoms with Crippen molar-refractivity contribution in [1.29, 1.82) is 0 Å². The standard InChI is InChI=1S/C24H36N4O/c1-3-18(2)25-23(29)20-13-15-27(16-14-20)24-26-21-11-7-8-12-22(21)28(24)17-19-9-5-4-6-10-19/h7-8,11-12,18-20H,3-6,9-10,13-17H2,1-2H3,(H,25,29)/t18-/m1/s1. The molecule has 1 atom stereocenters. The van der Waals surface area contributed by atoms with Gasteiger partial charge in [0.1, 0.15) is 0 Å². The second-order valence-electron chi connectivity index (χ2n) is 9.09. The predicted octanol–water partition coefficient (Wildman–Crippen LogP) is 4.75. The van der Waals surface area contributed by atoms with Gasteiger partial charge in [-0.25, -0.2) is 4.98 Å². The Labute approximate surface area is 174 Å². The number of rotatable bonds is 6. The second-order valence-corrected chi connectivity index (χ2v) is 9.09. The normalized spacial score (nSPS) is 20.1. The van der Waals surface area contributed by atoms with Gasteiger partial charge < -0.3 is 14.8 Å². The molecule has 1 amide bonds. The Bertz CT molecular complexity index is 815. The highest BCUT2D eigenvalue weighted by atomic mass is 16.1. The molecule has 2 aliphatic rings. The van der Waals surface area contributed by atoms with Crippen LogP contribution < -0.4 is 10.2 Å². The van der Waals surface area contributed by atoms with Gasteiger partial charge in [-0.1, -0.05) is 38.3 Å². The number of aromatic nitrogens is 2. The Morgan fingerprint density at radius 2 is 1.86 bits per heavy atom. The van der Waals surface area contributed by atoms with E-state index in [1.807, 2.05) is 0 Å². The Morgan fingerprint density at radius 1 is 1.14 bits per heavy atom. The number of anilines is 1. The molecule has 2 heterocycles. The van der Waals surface area contributed by atoms with Crippen molar-refractivity contribution in [2.75, 3.05) is 18.0 Å². The third kappa shape index (κ3) is 4.59. The lowest BCUT2D eigenvalue weighted by Crippen LogP contribution is -2.43. The van der Waals surface area contributed by atoms with E-state index >= 15 is 0 Å². The molecule has 0 spiro atoms. The molecule has 1 aliphatic carbocycles. The van der Waals surface area contributed by atoms with E-state index in [0.29, 0.717) is 0 Å². The van der Waals surface area contributed by atoms with Crippen molar-refractivity contribution < 1.29 is 4.79 Å². The van der Waals surface area contributed by atoms with Crippen molar-refractivity contribution in [2.45, 2.75) is 77.8 Å². The van der Waals surface area contributed by atoms with Gasteiger partial charge in [-0.3, -0.25) is 4.79 Å². The molecule has 1 aliphatic heterocycles. The van der Waals surface area contributed by atoms with Crippen molar-refractivity contribution in [3.8, 4) is 0 Å². The Balaban J connectivity index is 1.49. The Kier molecular flexibility index (Phi) is 6.41. The third-order valence-corrected chi connectivity index (χ3v) is 6.95.